The van der Waals surface area contributed by atoms with Crippen LogP contribution in [0.1, 0.15) is 37.3 Å². The molecule has 2 bridgehead atoms. The molecule has 3 saturated carbocycles. The lowest BCUT2D eigenvalue weighted by Crippen LogP contribution is -2.54. The van der Waals surface area contributed by atoms with Crippen LogP contribution < -0.4 is 10.6 Å². The van der Waals surface area contributed by atoms with Gasteiger partial charge in [0.25, 0.3) is 0 Å². The van der Waals surface area contributed by atoms with Gasteiger partial charge in [-0.15, -0.1) is 0 Å². The lowest BCUT2D eigenvalue weighted by Gasteiger charge is -2.53. The molecule has 7 heteroatoms. The highest BCUT2D eigenvalue weighted by Crippen LogP contribution is 2.51. The largest absolute Gasteiger partial charge is 0.416 e. The summed E-state index contributed by atoms with van der Waals surface area (Å²) in [5, 5.41) is 6.31. The van der Waals surface area contributed by atoms with E-state index in [1.165, 1.54) is 24.3 Å². The first kappa shape index (κ1) is 21.8. The quantitative estimate of drug-likeness (QED) is 0.579. The zero-order chi connectivity index (χ0) is 22.2. The first-order chi connectivity index (χ1) is 14.7. The molecule has 3 aliphatic carbocycles. The number of carbonyl (C=O) groups is 1. The Morgan fingerprint density at radius 3 is 2.45 bits per heavy atom. The van der Waals surface area contributed by atoms with Gasteiger partial charge in [0.2, 0.25) is 5.91 Å². The molecule has 5 rings (SSSR count). The summed E-state index contributed by atoms with van der Waals surface area (Å²) in [4.78, 5) is 12.7. The Morgan fingerprint density at radius 1 is 1.06 bits per heavy atom. The molecule has 3 aliphatic rings. The molecule has 0 aliphatic heterocycles. The van der Waals surface area contributed by atoms with Crippen LogP contribution in [-0.2, 0) is 17.5 Å². The van der Waals surface area contributed by atoms with Gasteiger partial charge in [-0.05, 0) is 72.9 Å². The van der Waals surface area contributed by atoms with Crippen LogP contribution in [0.3, 0.4) is 0 Å². The summed E-state index contributed by atoms with van der Waals surface area (Å²) in [7, 11) is 0. The zero-order valence-corrected chi connectivity index (χ0v) is 17.3. The lowest BCUT2D eigenvalue weighted by atomic mass is 9.55. The molecule has 2 N–H and O–H groups in total. The second kappa shape index (κ2) is 8.61. The minimum absolute atomic E-state index is 0.0846. The van der Waals surface area contributed by atoms with Crippen LogP contribution in [0.15, 0.2) is 48.5 Å². The lowest BCUT2D eigenvalue weighted by molar-refractivity contribution is -0.137. The van der Waals surface area contributed by atoms with E-state index in [0.29, 0.717) is 29.6 Å². The van der Waals surface area contributed by atoms with Gasteiger partial charge in [0.1, 0.15) is 5.82 Å². The van der Waals surface area contributed by atoms with Crippen LogP contribution in [0.4, 0.5) is 23.2 Å². The molecule has 0 radical (unpaired) electrons. The van der Waals surface area contributed by atoms with Crippen LogP contribution in [0.5, 0.6) is 0 Å². The highest BCUT2D eigenvalue weighted by atomic mass is 19.4. The molecule has 0 saturated heterocycles. The van der Waals surface area contributed by atoms with Gasteiger partial charge in [0, 0.05) is 24.2 Å². The van der Waals surface area contributed by atoms with E-state index in [2.05, 4.69) is 10.6 Å². The van der Waals surface area contributed by atoms with E-state index in [0.717, 1.165) is 25.3 Å². The van der Waals surface area contributed by atoms with Crippen molar-refractivity contribution in [2.24, 2.45) is 23.7 Å². The summed E-state index contributed by atoms with van der Waals surface area (Å²) in [6.45, 7) is 2.30. The number of hydrogen-bond donors (Lipinski definition) is 2. The van der Waals surface area contributed by atoms with E-state index in [9.17, 15) is 22.4 Å². The van der Waals surface area contributed by atoms with Crippen molar-refractivity contribution in [3.8, 4) is 0 Å². The Labute approximate surface area is 179 Å². The minimum atomic E-state index is -4.35. The van der Waals surface area contributed by atoms with Gasteiger partial charge in [-0.3, -0.25) is 4.79 Å². The van der Waals surface area contributed by atoms with Crippen LogP contribution in [0.2, 0.25) is 0 Å². The third-order valence-corrected chi connectivity index (χ3v) is 6.90. The monoisotopic (exact) mass is 434 g/mol. The molecule has 3 atom stereocenters. The van der Waals surface area contributed by atoms with Crippen LogP contribution in [-0.4, -0.2) is 11.9 Å². The Kier molecular flexibility index (Phi) is 6.06. The van der Waals surface area contributed by atoms with E-state index in [4.69, 9.17) is 0 Å². The molecule has 1 unspecified atom stereocenters. The number of alkyl halides is 3. The number of carbonyl (C=O) groups excluding carboxylic acids is 1. The van der Waals surface area contributed by atoms with Crippen molar-refractivity contribution < 1.29 is 22.4 Å². The van der Waals surface area contributed by atoms with Crippen LogP contribution in [0.25, 0.3) is 0 Å². The number of benzene rings is 2. The third-order valence-electron chi connectivity index (χ3n) is 6.90. The maximum absolute atomic E-state index is 13.1. The Morgan fingerprint density at radius 2 is 1.77 bits per heavy atom. The fourth-order valence-corrected chi connectivity index (χ4v) is 5.02. The molecule has 0 heterocycles. The minimum Gasteiger partial charge on any atom is -0.326 e. The predicted molar refractivity (Wildman–Crippen MR) is 111 cm³/mol. The summed E-state index contributed by atoms with van der Waals surface area (Å²) in [6.07, 6.45) is -1.44. The van der Waals surface area contributed by atoms with Crippen LogP contribution in [0, 0.1) is 29.5 Å². The van der Waals surface area contributed by atoms with E-state index in [1.807, 2.05) is 6.92 Å². The zero-order valence-electron chi connectivity index (χ0n) is 17.3. The van der Waals surface area contributed by atoms with Crippen molar-refractivity contribution in [2.45, 2.75) is 44.9 Å². The van der Waals surface area contributed by atoms with Gasteiger partial charge in [-0.2, -0.15) is 13.2 Å². The van der Waals surface area contributed by atoms with Crippen molar-refractivity contribution in [3.63, 3.8) is 0 Å². The summed E-state index contributed by atoms with van der Waals surface area (Å²) < 4.78 is 51.9. The van der Waals surface area contributed by atoms with Gasteiger partial charge >= 0.3 is 6.18 Å². The number of anilines is 1. The molecule has 166 valence electrons. The number of amides is 1. The molecule has 0 spiro atoms. The normalized spacial score (nSPS) is 26.1. The molecular weight excluding hydrogens is 408 g/mol. The van der Waals surface area contributed by atoms with Gasteiger partial charge in [-0.25, -0.2) is 4.39 Å². The van der Waals surface area contributed by atoms with Crippen molar-refractivity contribution in [1.82, 2.24) is 5.32 Å². The maximum Gasteiger partial charge on any atom is 0.416 e. The van der Waals surface area contributed by atoms with Crippen molar-refractivity contribution >= 4 is 11.6 Å². The van der Waals surface area contributed by atoms with E-state index in [-0.39, 0.29) is 29.6 Å². The fraction of sp³-hybridized carbons (Fsp3) is 0.458. The fourth-order valence-electron chi connectivity index (χ4n) is 5.02. The van der Waals surface area contributed by atoms with Crippen molar-refractivity contribution in [2.75, 3.05) is 5.32 Å². The smallest absolute Gasteiger partial charge is 0.326 e. The molecule has 2 aromatic carbocycles. The van der Waals surface area contributed by atoms with Gasteiger partial charge in [-0.1, -0.05) is 25.1 Å². The Bertz CT molecular complexity index is 922. The molecule has 3 fully saturated rings. The first-order valence-electron chi connectivity index (χ1n) is 10.7. The van der Waals surface area contributed by atoms with Crippen molar-refractivity contribution in [1.29, 1.82) is 0 Å². The number of rotatable bonds is 6. The standard InChI is InChI=1S/C24H26F4N2O/c1-14(23(31)30-20-7-5-19(25)6-8-20)21-12-22(17-10-16(21)11-17)29-13-15-3-2-4-18(9-15)24(26,27)28/h2-9,14,16-17,21-22,29H,10-13H2,1H3,(H,30,31)/t14-,16?,17?,21?,22-/m0/s1. The second-order valence-electron chi connectivity index (χ2n) is 8.86. The van der Waals surface area contributed by atoms with Crippen molar-refractivity contribution in [3.05, 3.63) is 65.5 Å². The predicted octanol–water partition coefficient (Wildman–Crippen LogP) is 5.62. The molecule has 1 amide bonds. The SMILES string of the molecule is C[C@H](C(=O)Nc1ccc(F)cc1)C1C[C@H](NCc2cccc(C(F)(F)F)c2)C2CC1C2. The molecule has 3 nitrogen and oxygen atoms in total. The van der Waals surface area contributed by atoms with Gasteiger partial charge < -0.3 is 10.6 Å². The van der Waals surface area contributed by atoms with E-state index in [1.54, 1.807) is 18.2 Å². The third kappa shape index (κ3) is 4.92. The number of nitrogens with one attached hydrogen (secondary N) is 2. The average molecular weight is 434 g/mol. The first-order valence-corrected chi connectivity index (χ1v) is 10.7. The van der Waals surface area contributed by atoms with E-state index < -0.39 is 11.7 Å². The number of halogens is 4. The molecular formula is C24H26F4N2O. The average Bonchev–Trinajstić information content (AvgIpc) is 2.72. The van der Waals surface area contributed by atoms with E-state index >= 15 is 0 Å². The van der Waals surface area contributed by atoms with Crippen LogP contribution >= 0.6 is 0 Å². The maximum atomic E-state index is 13.1. The summed E-state index contributed by atoms with van der Waals surface area (Å²) in [5.41, 5.74) is 0.540. The molecule has 31 heavy (non-hydrogen) atoms. The Hall–Kier alpha value is -2.41. The number of hydrogen-bond acceptors (Lipinski definition) is 2. The molecule has 0 aromatic heterocycles. The topological polar surface area (TPSA) is 41.1 Å². The van der Waals surface area contributed by atoms with Gasteiger partial charge in [0.15, 0.2) is 0 Å². The summed E-state index contributed by atoms with van der Waals surface area (Å²) in [5.74, 6) is 0.593. The van der Waals surface area contributed by atoms with Gasteiger partial charge in [0.05, 0.1) is 5.56 Å². The summed E-state index contributed by atoms with van der Waals surface area (Å²) >= 11 is 0. The highest BCUT2D eigenvalue weighted by Gasteiger charge is 2.48. The number of fused-ring (bicyclic) bond motifs is 2. The highest BCUT2D eigenvalue weighted by molar-refractivity contribution is 5.92. The summed E-state index contributed by atoms with van der Waals surface area (Å²) in [6, 6.07) is 11.3. The second-order valence-corrected chi connectivity index (χ2v) is 8.86. The molecule has 2 aromatic rings. The Balaban J connectivity index is 1.35.